The van der Waals surface area contributed by atoms with Gasteiger partial charge in [-0.1, -0.05) is 25.8 Å². The number of hydrogen-bond donors (Lipinski definition) is 0. The maximum absolute atomic E-state index is 12.1. The van der Waals surface area contributed by atoms with E-state index >= 15 is 0 Å². The summed E-state index contributed by atoms with van der Waals surface area (Å²) in [5.74, 6) is -0.610. The van der Waals surface area contributed by atoms with Gasteiger partial charge in [0, 0.05) is 6.42 Å². The van der Waals surface area contributed by atoms with Gasteiger partial charge in [0.05, 0.1) is 0 Å². The quantitative estimate of drug-likeness (QED) is 0.313. The molecule has 3 nitrogen and oxygen atoms in total. The highest BCUT2D eigenvalue weighted by Crippen LogP contribution is 2.19. The Balaban J connectivity index is 5.11. The van der Waals surface area contributed by atoms with Crippen LogP contribution in [0.4, 0.5) is 0 Å². The van der Waals surface area contributed by atoms with E-state index in [0.717, 1.165) is 24.8 Å². The van der Waals surface area contributed by atoms with Gasteiger partial charge < -0.3 is 4.74 Å². The van der Waals surface area contributed by atoms with Crippen molar-refractivity contribution in [3.8, 4) is 0 Å². The van der Waals surface area contributed by atoms with Crippen molar-refractivity contribution in [3.05, 3.63) is 11.1 Å². The largest absolute Gasteiger partial charge is 0.456 e. The number of Topliss-reactive ketones (excluding diaryl/α,β-unsaturated/α-hetero) is 1. The fourth-order valence-electron chi connectivity index (χ4n) is 1.60. The first-order valence-corrected chi connectivity index (χ1v) is 6.69. The number of carbonyl (C=O) groups excluding carboxylic acids is 2. The lowest BCUT2D eigenvalue weighted by Crippen LogP contribution is -2.27. The highest BCUT2D eigenvalue weighted by atomic mass is 16.6. The molecule has 0 bridgehead atoms. The zero-order chi connectivity index (χ0) is 14.3. The maximum atomic E-state index is 12.1. The van der Waals surface area contributed by atoms with Crippen LogP contribution >= 0.6 is 0 Å². The Kier molecular flexibility index (Phi) is 6.89. The fourth-order valence-corrected chi connectivity index (χ4v) is 1.60. The molecule has 0 spiro atoms. The molecule has 18 heavy (non-hydrogen) atoms. The van der Waals surface area contributed by atoms with Crippen LogP contribution in [0, 0.1) is 0 Å². The predicted octanol–water partition coefficient (Wildman–Crippen LogP) is 3.81. The van der Waals surface area contributed by atoms with Gasteiger partial charge in [0.15, 0.2) is 5.78 Å². The first-order valence-electron chi connectivity index (χ1n) is 6.69. The lowest BCUT2D eigenvalue weighted by molar-refractivity contribution is -0.150. The minimum atomic E-state index is -0.568. The van der Waals surface area contributed by atoms with E-state index in [1.807, 2.05) is 6.92 Å². The number of carbonyl (C=O) groups is 2. The average molecular weight is 254 g/mol. The number of esters is 1. The topological polar surface area (TPSA) is 43.4 Å². The molecule has 0 aliphatic carbocycles. The molecule has 0 atom stereocenters. The molecule has 0 rings (SSSR count). The zero-order valence-electron chi connectivity index (χ0n) is 12.6. The molecule has 0 N–H and O–H groups in total. The standard InChI is InChI=1S/C15H26O3/c1-7-9-10-11(3)13(12(16)8-2)14(17)18-15(4,5)6/h7-10H2,1-6H3. The van der Waals surface area contributed by atoms with Crippen molar-refractivity contribution < 1.29 is 14.3 Å². The van der Waals surface area contributed by atoms with Crippen molar-refractivity contribution in [1.82, 2.24) is 0 Å². The molecule has 0 aliphatic heterocycles. The molecule has 0 aromatic carbocycles. The number of allylic oxidation sites excluding steroid dienone is 1. The summed E-state index contributed by atoms with van der Waals surface area (Å²) in [6, 6.07) is 0. The maximum Gasteiger partial charge on any atom is 0.342 e. The predicted molar refractivity (Wildman–Crippen MR) is 73.4 cm³/mol. The van der Waals surface area contributed by atoms with Crippen LogP contribution in [0.2, 0.25) is 0 Å². The molecular weight excluding hydrogens is 228 g/mol. The first kappa shape index (κ1) is 16.9. The van der Waals surface area contributed by atoms with Crippen LogP contribution in [0.1, 0.15) is 67.2 Å². The normalized spacial score (nSPS) is 13.0. The zero-order valence-corrected chi connectivity index (χ0v) is 12.6. The van der Waals surface area contributed by atoms with E-state index in [-0.39, 0.29) is 11.4 Å². The summed E-state index contributed by atoms with van der Waals surface area (Å²) in [6.45, 7) is 11.1. The molecule has 0 unspecified atom stereocenters. The molecule has 0 saturated heterocycles. The van der Waals surface area contributed by atoms with Crippen molar-refractivity contribution >= 4 is 11.8 Å². The molecule has 0 fully saturated rings. The van der Waals surface area contributed by atoms with E-state index in [9.17, 15) is 9.59 Å². The number of hydrogen-bond acceptors (Lipinski definition) is 3. The van der Waals surface area contributed by atoms with Gasteiger partial charge in [0.25, 0.3) is 0 Å². The second-order valence-corrected chi connectivity index (χ2v) is 5.54. The van der Waals surface area contributed by atoms with Crippen LogP contribution in [-0.4, -0.2) is 17.4 Å². The van der Waals surface area contributed by atoms with Gasteiger partial charge in [-0.2, -0.15) is 0 Å². The molecule has 3 heteroatoms. The minimum absolute atomic E-state index is 0.127. The summed E-state index contributed by atoms with van der Waals surface area (Å²) in [6.07, 6.45) is 3.13. The molecule has 0 aromatic heterocycles. The highest BCUT2D eigenvalue weighted by Gasteiger charge is 2.25. The molecule has 0 aromatic rings. The van der Waals surface area contributed by atoms with Crippen LogP contribution in [0.3, 0.4) is 0 Å². The Morgan fingerprint density at radius 2 is 1.67 bits per heavy atom. The van der Waals surface area contributed by atoms with E-state index in [1.54, 1.807) is 27.7 Å². The average Bonchev–Trinajstić information content (AvgIpc) is 2.23. The van der Waals surface area contributed by atoms with E-state index in [1.165, 1.54) is 0 Å². The van der Waals surface area contributed by atoms with Gasteiger partial charge in [-0.05, 0) is 40.5 Å². The van der Waals surface area contributed by atoms with Gasteiger partial charge in [0.2, 0.25) is 0 Å². The monoisotopic (exact) mass is 254 g/mol. The summed E-state index contributed by atoms with van der Waals surface area (Å²) in [7, 11) is 0. The van der Waals surface area contributed by atoms with Crippen LogP contribution < -0.4 is 0 Å². The van der Waals surface area contributed by atoms with E-state index < -0.39 is 11.6 Å². The Hall–Kier alpha value is -1.12. The second kappa shape index (κ2) is 7.34. The van der Waals surface area contributed by atoms with E-state index in [4.69, 9.17) is 4.74 Å². The van der Waals surface area contributed by atoms with Gasteiger partial charge >= 0.3 is 5.97 Å². The van der Waals surface area contributed by atoms with E-state index in [0.29, 0.717) is 6.42 Å². The van der Waals surface area contributed by atoms with Gasteiger partial charge in [0.1, 0.15) is 11.2 Å². The summed E-state index contributed by atoms with van der Waals surface area (Å²) in [4.78, 5) is 23.9. The molecular formula is C15H26O3. The third-order valence-electron chi connectivity index (χ3n) is 2.54. The van der Waals surface area contributed by atoms with Crippen LogP contribution in [0.5, 0.6) is 0 Å². The minimum Gasteiger partial charge on any atom is -0.456 e. The Morgan fingerprint density at radius 1 is 1.11 bits per heavy atom. The molecule has 0 heterocycles. The Bertz CT molecular complexity index is 332. The summed E-state index contributed by atoms with van der Waals surface area (Å²) in [5, 5.41) is 0. The van der Waals surface area contributed by atoms with Gasteiger partial charge in [-0.3, -0.25) is 4.79 Å². The van der Waals surface area contributed by atoms with Crippen LogP contribution in [0.15, 0.2) is 11.1 Å². The Labute approximate surface area is 111 Å². The van der Waals surface area contributed by atoms with Gasteiger partial charge in [-0.15, -0.1) is 0 Å². The van der Waals surface area contributed by atoms with Crippen LogP contribution in [0.25, 0.3) is 0 Å². The summed E-state index contributed by atoms with van der Waals surface area (Å²) < 4.78 is 5.31. The van der Waals surface area contributed by atoms with Crippen molar-refractivity contribution in [2.45, 2.75) is 72.8 Å². The molecule has 0 saturated carbocycles. The molecule has 0 aliphatic rings. The van der Waals surface area contributed by atoms with Crippen molar-refractivity contribution in [2.24, 2.45) is 0 Å². The summed E-state index contributed by atoms with van der Waals surface area (Å²) >= 11 is 0. The van der Waals surface area contributed by atoms with Crippen molar-refractivity contribution in [3.63, 3.8) is 0 Å². The third-order valence-corrected chi connectivity index (χ3v) is 2.54. The fraction of sp³-hybridized carbons (Fsp3) is 0.733. The molecule has 104 valence electrons. The first-order chi connectivity index (χ1) is 8.22. The molecule has 0 amide bonds. The van der Waals surface area contributed by atoms with Crippen LogP contribution in [-0.2, 0) is 14.3 Å². The second-order valence-electron chi connectivity index (χ2n) is 5.54. The number of ketones is 1. The van der Waals surface area contributed by atoms with Crippen molar-refractivity contribution in [2.75, 3.05) is 0 Å². The number of ether oxygens (including phenoxy) is 1. The third kappa shape index (κ3) is 5.99. The number of rotatable bonds is 6. The lowest BCUT2D eigenvalue weighted by Gasteiger charge is -2.21. The van der Waals surface area contributed by atoms with E-state index in [2.05, 4.69) is 6.92 Å². The molecule has 0 radical (unpaired) electrons. The van der Waals surface area contributed by atoms with Gasteiger partial charge in [-0.25, -0.2) is 4.79 Å². The van der Waals surface area contributed by atoms with Crippen molar-refractivity contribution in [1.29, 1.82) is 0 Å². The SMILES string of the molecule is CCCCC(C)=C(C(=O)CC)C(=O)OC(C)(C)C. The summed E-state index contributed by atoms with van der Waals surface area (Å²) in [5.41, 5.74) is 0.528. The Morgan fingerprint density at radius 3 is 2.06 bits per heavy atom. The smallest absolute Gasteiger partial charge is 0.342 e. The number of unbranched alkanes of at least 4 members (excludes halogenated alkanes) is 1. The lowest BCUT2D eigenvalue weighted by atomic mass is 9.99. The highest BCUT2D eigenvalue weighted by molar-refractivity contribution is 6.17.